The zero-order valence-electron chi connectivity index (χ0n) is 39.4. The summed E-state index contributed by atoms with van der Waals surface area (Å²) in [5.41, 5.74) is -1.51. The SMILES string of the molecule is CC[C@@H](C(=O)[C@@H](C)[C@@H](O)[C@H](C)[C@@H]1O[C@@H]([C@@H](CC)C(=O)O)CC[C@@H]1C)[C@H]1O[C@]2(C=C[C@@H](NC(=O)Sc3ccccc3)C(C3CC[C@@](C)([C@H]4CC[C@](O)(CC)[C@H](C)O4)O3)O2)[C@H](C)C[C@@H]1C. The monoisotopic (exact) mass is 900 g/mol. The molecule has 5 aliphatic rings. The molecule has 5 aliphatic heterocycles. The summed E-state index contributed by atoms with van der Waals surface area (Å²) in [6.07, 6.45) is 6.30. The molecular formula is C50H77NO11S. The maximum Gasteiger partial charge on any atom is 0.309 e. The van der Waals surface area contributed by atoms with E-state index < -0.39 is 83.2 Å². The number of thioether (sulfide) groups is 1. The Morgan fingerprint density at radius 2 is 1.57 bits per heavy atom. The lowest BCUT2D eigenvalue weighted by Gasteiger charge is -2.52. The highest BCUT2D eigenvalue weighted by atomic mass is 32.2. The number of aliphatic hydroxyl groups excluding tert-OH is 1. The quantitative estimate of drug-likeness (QED) is 0.0977. The average Bonchev–Trinajstić information content (AvgIpc) is 3.67. The molecule has 0 aromatic heterocycles. The maximum absolute atomic E-state index is 14.7. The van der Waals surface area contributed by atoms with Crippen LogP contribution in [0, 0.1) is 41.4 Å². The number of amides is 1. The molecule has 0 saturated carbocycles. The van der Waals surface area contributed by atoms with Gasteiger partial charge in [-0.25, -0.2) is 0 Å². The van der Waals surface area contributed by atoms with E-state index in [9.17, 15) is 29.7 Å². The fourth-order valence-electron chi connectivity index (χ4n) is 11.6. The fourth-order valence-corrected chi connectivity index (χ4v) is 12.3. The number of carboxylic acids is 1. The number of aliphatic hydroxyl groups is 2. The Kier molecular flexibility index (Phi) is 16.4. The lowest BCUT2D eigenvalue weighted by Crippen LogP contribution is -2.62. The first kappa shape index (κ1) is 50.1. The lowest BCUT2D eigenvalue weighted by molar-refractivity contribution is -0.327. The number of rotatable bonds is 15. The van der Waals surface area contributed by atoms with Gasteiger partial charge in [-0.2, -0.15) is 0 Å². The van der Waals surface area contributed by atoms with Crippen molar-refractivity contribution in [3.05, 3.63) is 42.5 Å². The number of benzene rings is 1. The third-order valence-corrected chi connectivity index (χ3v) is 16.7. The van der Waals surface area contributed by atoms with Crippen LogP contribution in [-0.2, 0) is 33.3 Å². The Labute approximate surface area is 380 Å². The van der Waals surface area contributed by atoms with Crippen LogP contribution in [0.3, 0.4) is 0 Å². The number of hydrogen-bond donors (Lipinski definition) is 4. The third kappa shape index (κ3) is 10.6. The van der Waals surface area contributed by atoms with Crippen molar-refractivity contribution < 1.29 is 53.4 Å². The fraction of sp³-hybridized carbons (Fsp3) is 0.780. The normalized spacial score (nSPS) is 40.7. The number of carbonyl (C=O) groups is 3. The first-order valence-corrected chi connectivity index (χ1v) is 24.9. The number of carbonyl (C=O) groups excluding carboxylic acids is 2. The van der Waals surface area contributed by atoms with E-state index in [1.807, 2.05) is 77.1 Å². The van der Waals surface area contributed by atoms with Crippen molar-refractivity contribution in [2.45, 2.75) is 210 Å². The van der Waals surface area contributed by atoms with Crippen LogP contribution in [0.25, 0.3) is 0 Å². The minimum atomic E-state index is -1.21. The van der Waals surface area contributed by atoms with Gasteiger partial charge >= 0.3 is 5.97 Å². The highest BCUT2D eigenvalue weighted by Gasteiger charge is 2.57. The van der Waals surface area contributed by atoms with E-state index in [0.717, 1.165) is 23.1 Å². The Morgan fingerprint density at radius 3 is 2.21 bits per heavy atom. The van der Waals surface area contributed by atoms with Crippen molar-refractivity contribution in [2.75, 3.05) is 0 Å². The van der Waals surface area contributed by atoms with Gasteiger partial charge in [0.1, 0.15) is 11.9 Å². The molecule has 19 atom stereocenters. The van der Waals surface area contributed by atoms with Crippen LogP contribution in [0.5, 0.6) is 0 Å². The zero-order chi connectivity index (χ0) is 46.0. The van der Waals surface area contributed by atoms with Gasteiger partial charge in [-0.1, -0.05) is 79.7 Å². The van der Waals surface area contributed by atoms with E-state index in [4.69, 9.17) is 23.7 Å². The summed E-state index contributed by atoms with van der Waals surface area (Å²) in [6.45, 7) is 19.8. The molecule has 1 amide bonds. The maximum atomic E-state index is 14.7. The van der Waals surface area contributed by atoms with E-state index in [1.165, 1.54) is 0 Å². The Bertz CT molecular complexity index is 1750. The Hall–Kier alpha value is -2.36. The molecule has 0 bridgehead atoms. The van der Waals surface area contributed by atoms with Crippen molar-refractivity contribution in [3.63, 3.8) is 0 Å². The van der Waals surface area contributed by atoms with Crippen molar-refractivity contribution in [1.29, 1.82) is 0 Å². The van der Waals surface area contributed by atoms with E-state index in [-0.39, 0.29) is 47.1 Å². The molecule has 5 heterocycles. The molecule has 12 nitrogen and oxygen atoms in total. The number of ketones is 1. The zero-order valence-corrected chi connectivity index (χ0v) is 40.2. The second-order valence-electron chi connectivity index (χ2n) is 20.1. The number of hydrogen-bond acceptors (Lipinski definition) is 11. The predicted octanol–water partition coefficient (Wildman–Crippen LogP) is 8.74. The minimum absolute atomic E-state index is 0.000814. The van der Waals surface area contributed by atoms with E-state index in [2.05, 4.69) is 33.0 Å². The van der Waals surface area contributed by atoms with Crippen molar-refractivity contribution in [1.82, 2.24) is 5.32 Å². The van der Waals surface area contributed by atoms with Gasteiger partial charge in [-0.15, -0.1) is 0 Å². The summed E-state index contributed by atoms with van der Waals surface area (Å²) >= 11 is 1.12. The van der Waals surface area contributed by atoms with E-state index in [0.29, 0.717) is 57.8 Å². The first-order valence-electron chi connectivity index (χ1n) is 24.0. The minimum Gasteiger partial charge on any atom is -0.481 e. The van der Waals surface area contributed by atoms with Crippen LogP contribution >= 0.6 is 11.8 Å². The summed E-state index contributed by atoms with van der Waals surface area (Å²) in [4.78, 5) is 41.1. The molecule has 4 saturated heterocycles. The average molecular weight is 900 g/mol. The molecule has 63 heavy (non-hydrogen) atoms. The van der Waals surface area contributed by atoms with Crippen LogP contribution in [0.1, 0.15) is 133 Å². The van der Waals surface area contributed by atoms with Crippen molar-refractivity contribution >= 4 is 28.8 Å². The van der Waals surface area contributed by atoms with Crippen molar-refractivity contribution in [2.24, 2.45) is 41.4 Å². The van der Waals surface area contributed by atoms with Gasteiger partial charge in [0, 0.05) is 28.6 Å². The molecule has 354 valence electrons. The number of ether oxygens (including phenoxy) is 5. The third-order valence-electron chi connectivity index (χ3n) is 15.9. The van der Waals surface area contributed by atoms with Gasteiger partial charge in [-0.05, 0) is 120 Å². The number of carboxylic acid groups (broad SMARTS) is 1. The van der Waals surface area contributed by atoms with E-state index in [1.54, 1.807) is 6.92 Å². The highest BCUT2D eigenvalue weighted by molar-refractivity contribution is 8.13. The van der Waals surface area contributed by atoms with Gasteiger partial charge in [0.2, 0.25) is 0 Å². The standard InChI is InChI=1S/C50H77NO11S/c1-11-35(46(54)55)38-20-19-28(4)43(59-38)32(8)41(52)31(7)42(53)36(12-2)44-29(5)27-30(6)50(61-44)26-21-37(51-47(56)63-34-17-15-14-16-18-34)45(62-50)39-22-24-48(10,60-39)40-23-25-49(57,13-3)33(9)58-40/h14-18,21,26,28-33,35-41,43-45,52,57H,11-13,19-20,22-25,27H2,1-10H3,(H,51,56)(H,54,55)/t28-,29-,30+,31-,32-,33-,35+,36-,37+,38+,39?,40+,41+,43+,44-,45?,48-,49+,50-/m0/s1. The second-order valence-corrected chi connectivity index (χ2v) is 21.2. The molecule has 2 unspecified atom stereocenters. The smallest absolute Gasteiger partial charge is 0.309 e. The molecule has 4 fully saturated rings. The Morgan fingerprint density at radius 1 is 0.873 bits per heavy atom. The molecule has 0 aliphatic carbocycles. The highest BCUT2D eigenvalue weighted by Crippen LogP contribution is 2.49. The van der Waals surface area contributed by atoms with Crippen LogP contribution in [-0.4, -0.2) is 104 Å². The number of aliphatic carboxylic acids is 1. The van der Waals surface area contributed by atoms with Crippen LogP contribution in [0.4, 0.5) is 4.79 Å². The summed E-state index contributed by atoms with van der Waals surface area (Å²) in [7, 11) is 0. The topological polar surface area (TPSA) is 170 Å². The van der Waals surface area contributed by atoms with Gasteiger partial charge < -0.3 is 44.3 Å². The largest absolute Gasteiger partial charge is 0.481 e. The molecule has 13 heteroatoms. The summed E-state index contributed by atoms with van der Waals surface area (Å²) in [5.74, 6) is -4.47. The molecule has 0 radical (unpaired) electrons. The molecule has 6 rings (SSSR count). The van der Waals surface area contributed by atoms with Gasteiger partial charge in [-0.3, -0.25) is 14.4 Å². The lowest BCUT2D eigenvalue weighted by atomic mass is 9.72. The van der Waals surface area contributed by atoms with E-state index >= 15 is 0 Å². The number of Topliss-reactive ketones (excluding diaryl/α,β-unsaturated/α-hetero) is 1. The van der Waals surface area contributed by atoms with Crippen LogP contribution in [0.2, 0.25) is 0 Å². The number of nitrogens with one attached hydrogen (secondary N) is 1. The molecular weight excluding hydrogens is 823 g/mol. The second kappa shape index (κ2) is 20.7. The first-order chi connectivity index (χ1) is 29.8. The summed E-state index contributed by atoms with van der Waals surface area (Å²) in [6, 6.07) is 8.97. The van der Waals surface area contributed by atoms with Gasteiger partial charge in [0.05, 0.1) is 65.9 Å². The van der Waals surface area contributed by atoms with Gasteiger partial charge in [0.15, 0.2) is 5.79 Å². The Balaban J connectivity index is 1.22. The van der Waals surface area contributed by atoms with Crippen LogP contribution < -0.4 is 5.32 Å². The molecule has 1 aromatic rings. The summed E-state index contributed by atoms with van der Waals surface area (Å²) in [5, 5.41) is 35.9. The predicted molar refractivity (Wildman–Crippen MR) is 242 cm³/mol. The molecule has 1 spiro atoms. The summed E-state index contributed by atoms with van der Waals surface area (Å²) < 4.78 is 34.3. The molecule has 1 aromatic carbocycles. The van der Waals surface area contributed by atoms with Gasteiger partial charge in [0.25, 0.3) is 5.24 Å². The van der Waals surface area contributed by atoms with Crippen LogP contribution in [0.15, 0.2) is 47.4 Å². The van der Waals surface area contributed by atoms with Crippen molar-refractivity contribution in [3.8, 4) is 0 Å². The molecule has 4 N–H and O–H groups in total.